The lowest BCUT2D eigenvalue weighted by Gasteiger charge is -2.50. The highest BCUT2D eigenvalue weighted by Crippen LogP contribution is 2.51. The lowest BCUT2D eigenvalue weighted by atomic mass is 9.79. The zero-order chi connectivity index (χ0) is 12.1. The van der Waals surface area contributed by atoms with Crippen molar-refractivity contribution in [1.29, 1.82) is 0 Å². The highest BCUT2D eigenvalue weighted by atomic mass is 16.7. The van der Waals surface area contributed by atoms with E-state index in [4.69, 9.17) is 9.47 Å². The second-order valence-electron chi connectivity index (χ2n) is 7.22. The first-order valence-corrected chi connectivity index (χ1v) is 8.15. The second-order valence-corrected chi connectivity index (χ2v) is 7.22. The summed E-state index contributed by atoms with van der Waals surface area (Å²) in [5.41, 5.74) is 0.441. The topological polar surface area (TPSA) is 18.5 Å². The average molecular weight is 250 g/mol. The van der Waals surface area contributed by atoms with Crippen LogP contribution in [0.5, 0.6) is 0 Å². The molecular formula is C16H26O2. The van der Waals surface area contributed by atoms with Crippen LogP contribution in [-0.2, 0) is 9.47 Å². The van der Waals surface area contributed by atoms with Gasteiger partial charge in [0.25, 0.3) is 0 Å². The number of fused-ring (bicyclic) bond motifs is 1. The van der Waals surface area contributed by atoms with Crippen LogP contribution in [0.2, 0.25) is 0 Å². The molecule has 2 saturated carbocycles. The maximum absolute atomic E-state index is 6.50. The van der Waals surface area contributed by atoms with Gasteiger partial charge in [0.1, 0.15) is 0 Å². The van der Waals surface area contributed by atoms with E-state index in [9.17, 15) is 0 Å². The van der Waals surface area contributed by atoms with Gasteiger partial charge in [-0.1, -0.05) is 25.7 Å². The second kappa shape index (κ2) is 4.21. The minimum Gasteiger partial charge on any atom is -0.346 e. The number of rotatable bonds is 0. The van der Waals surface area contributed by atoms with Gasteiger partial charge in [-0.05, 0) is 51.4 Å². The third-order valence-electron chi connectivity index (χ3n) is 6.09. The van der Waals surface area contributed by atoms with E-state index < -0.39 is 0 Å². The Morgan fingerprint density at radius 3 is 1.50 bits per heavy atom. The summed E-state index contributed by atoms with van der Waals surface area (Å²) in [6, 6.07) is 0. The van der Waals surface area contributed by atoms with Crippen molar-refractivity contribution >= 4 is 0 Å². The Kier molecular flexibility index (Phi) is 2.74. The Balaban J connectivity index is 1.50. The Bertz CT molecular complexity index is 283. The fraction of sp³-hybridized carbons (Fsp3) is 1.00. The van der Waals surface area contributed by atoms with Gasteiger partial charge in [-0.25, -0.2) is 0 Å². The third kappa shape index (κ3) is 1.84. The Morgan fingerprint density at radius 1 is 0.611 bits per heavy atom. The first kappa shape index (κ1) is 11.7. The zero-order valence-electron chi connectivity index (χ0n) is 11.5. The van der Waals surface area contributed by atoms with Crippen molar-refractivity contribution in [2.75, 3.05) is 0 Å². The number of ether oxygens (including phenoxy) is 2. The summed E-state index contributed by atoms with van der Waals surface area (Å²) in [4.78, 5) is 0. The van der Waals surface area contributed by atoms with Gasteiger partial charge < -0.3 is 9.47 Å². The Hall–Kier alpha value is -0.0800. The van der Waals surface area contributed by atoms with E-state index in [1.54, 1.807) is 0 Å². The van der Waals surface area contributed by atoms with Crippen molar-refractivity contribution in [3.63, 3.8) is 0 Å². The molecule has 0 aromatic rings. The van der Waals surface area contributed by atoms with Crippen LogP contribution in [-0.4, -0.2) is 17.5 Å². The predicted molar refractivity (Wildman–Crippen MR) is 70.3 cm³/mol. The van der Waals surface area contributed by atoms with E-state index in [1.165, 1.54) is 77.0 Å². The minimum atomic E-state index is 0.142. The zero-order valence-corrected chi connectivity index (χ0v) is 11.5. The van der Waals surface area contributed by atoms with Crippen LogP contribution in [0.1, 0.15) is 77.0 Å². The van der Waals surface area contributed by atoms with Crippen molar-refractivity contribution in [2.45, 2.75) is 94.5 Å². The summed E-state index contributed by atoms with van der Waals surface area (Å²) >= 11 is 0. The monoisotopic (exact) mass is 250 g/mol. The van der Waals surface area contributed by atoms with Crippen molar-refractivity contribution in [1.82, 2.24) is 0 Å². The average Bonchev–Trinajstić information content (AvgIpc) is 3.00. The Labute approximate surface area is 110 Å². The molecule has 0 atom stereocenters. The summed E-state index contributed by atoms with van der Waals surface area (Å²) in [5.74, 6) is 0.697. The first-order chi connectivity index (χ1) is 8.79. The smallest absolute Gasteiger partial charge is 0.161 e. The maximum atomic E-state index is 6.50. The largest absolute Gasteiger partial charge is 0.346 e. The normalized spacial score (nSPS) is 41.3. The molecule has 102 valence electrons. The molecule has 2 aliphatic carbocycles. The molecule has 2 spiro atoms. The molecule has 2 heteroatoms. The van der Waals surface area contributed by atoms with E-state index in [2.05, 4.69) is 0 Å². The number of hydrogen-bond donors (Lipinski definition) is 0. The van der Waals surface area contributed by atoms with Gasteiger partial charge in [0.15, 0.2) is 6.29 Å². The molecule has 0 unspecified atom stereocenters. The molecule has 0 aromatic carbocycles. The molecule has 18 heavy (non-hydrogen) atoms. The van der Waals surface area contributed by atoms with Gasteiger partial charge in [-0.15, -0.1) is 0 Å². The molecule has 2 aliphatic heterocycles. The molecule has 0 aromatic heterocycles. The molecule has 0 bridgehead atoms. The van der Waals surface area contributed by atoms with E-state index in [0.717, 1.165) is 0 Å². The van der Waals surface area contributed by atoms with Crippen molar-refractivity contribution in [2.24, 2.45) is 5.92 Å². The summed E-state index contributed by atoms with van der Waals surface area (Å²) in [6.45, 7) is 0. The van der Waals surface area contributed by atoms with Crippen LogP contribution in [0.25, 0.3) is 0 Å². The fourth-order valence-corrected chi connectivity index (χ4v) is 4.91. The Morgan fingerprint density at radius 2 is 1.06 bits per heavy atom. The van der Waals surface area contributed by atoms with Gasteiger partial charge >= 0.3 is 0 Å². The fourth-order valence-electron chi connectivity index (χ4n) is 4.91. The summed E-state index contributed by atoms with van der Waals surface area (Å²) in [7, 11) is 0. The number of hydrogen-bond acceptors (Lipinski definition) is 2. The SMILES string of the molecule is C1CCC2(C1)CCC1CCC3(CCCC3)OC1O2. The van der Waals surface area contributed by atoms with Gasteiger partial charge in [-0.3, -0.25) is 0 Å². The lowest BCUT2D eigenvalue weighted by Crippen LogP contribution is -2.51. The lowest BCUT2D eigenvalue weighted by molar-refractivity contribution is -0.315. The van der Waals surface area contributed by atoms with E-state index in [-0.39, 0.29) is 17.5 Å². The van der Waals surface area contributed by atoms with Crippen LogP contribution >= 0.6 is 0 Å². The molecule has 0 radical (unpaired) electrons. The molecule has 0 N–H and O–H groups in total. The van der Waals surface area contributed by atoms with E-state index in [0.29, 0.717) is 5.92 Å². The quantitative estimate of drug-likeness (QED) is 0.642. The maximum Gasteiger partial charge on any atom is 0.161 e. The predicted octanol–water partition coefficient (Wildman–Crippen LogP) is 4.18. The molecule has 2 heterocycles. The summed E-state index contributed by atoms with van der Waals surface area (Å²) in [6.07, 6.45) is 16.0. The van der Waals surface area contributed by atoms with E-state index in [1.807, 2.05) is 0 Å². The van der Waals surface area contributed by atoms with Crippen LogP contribution < -0.4 is 0 Å². The van der Waals surface area contributed by atoms with Gasteiger partial charge in [0, 0.05) is 5.92 Å². The molecule has 4 aliphatic rings. The first-order valence-electron chi connectivity index (χ1n) is 8.15. The minimum absolute atomic E-state index is 0.142. The van der Waals surface area contributed by atoms with Gasteiger partial charge in [-0.2, -0.15) is 0 Å². The standard InChI is InChI=1S/C16H26O2/c1-2-8-15(7-1)11-5-13-6-12-16(9-3-4-10-16)18-14(13)17-15/h13-14H,1-12H2. The van der Waals surface area contributed by atoms with Crippen LogP contribution in [0.4, 0.5) is 0 Å². The van der Waals surface area contributed by atoms with Crippen molar-refractivity contribution < 1.29 is 9.47 Å². The third-order valence-corrected chi connectivity index (χ3v) is 6.09. The van der Waals surface area contributed by atoms with Gasteiger partial charge in [0.2, 0.25) is 0 Å². The molecule has 4 fully saturated rings. The summed E-state index contributed by atoms with van der Waals surface area (Å²) < 4.78 is 13.0. The molecule has 2 nitrogen and oxygen atoms in total. The molecule has 2 saturated heterocycles. The molecule has 0 amide bonds. The summed E-state index contributed by atoms with van der Waals surface area (Å²) in [5, 5.41) is 0. The molecular weight excluding hydrogens is 224 g/mol. The van der Waals surface area contributed by atoms with Crippen molar-refractivity contribution in [3.05, 3.63) is 0 Å². The van der Waals surface area contributed by atoms with Crippen molar-refractivity contribution in [3.8, 4) is 0 Å². The van der Waals surface area contributed by atoms with Gasteiger partial charge in [0.05, 0.1) is 11.2 Å². The highest BCUT2D eigenvalue weighted by Gasteiger charge is 2.50. The van der Waals surface area contributed by atoms with Crippen LogP contribution in [0.15, 0.2) is 0 Å². The molecule has 4 rings (SSSR count). The van der Waals surface area contributed by atoms with Crippen LogP contribution in [0, 0.1) is 5.92 Å². The van der Waals surface area contributed by atoms with Crippen LogP contribution in [0.3, 0.4) is 0 Å². The van der Waals surface area contributed by atoms with E-state index >= 15 is 0 Å². The highest BCUT2D eigenvalue weighted by molar-refractivity contribution is 4.97.